The Balaban J connectivity index is 1.56. The highest BCUT2D eigenvalue weighted by Crippen LogP contribution is 2.37. The molecule has 3 aliphatic rings. The molecule has 0 spiro atoms. The summed E-state index contributed by atoms with van der Waals surface area (Å²) in [6, 6.07) is 2.91. The fourth-order valence-corrected chi connectivity index (χ4v) is 3.51. The first-order valence-electron chi connectivity index (χ1n) is 7.74. The standard InChI is InChI=1S/C16H20N6/c1-10-4-5-17-16(20-10)22-13-6-14(22)8-21(7-13)15-11(2)12(3)18-9-19-15/h4-5,9,13-14H,6-8H2,1-3H3. The molecule has 5 heterocycles. The van der Waals surface area contributed by atoms with Crippen molar-refractivity contribution in [3.63, 3.8) is 0 Å². The number of aryl methyl sites for hydroxylation is 2. The van der Waals surface area contributed by atoms with E-state index in [1.54, 1.807) is 6.33 Å². The summed E-state index contributed by atoms with van der Waals surface area (Å²) in [6.07, 6.45) is 4.73. The molecule has 0 aliphatic carbocycles. The van der Waals surface area contributed by atoms with E-state index < -0.39 is 0 Å². The molecule has 3 saturated heterocycles. The summed E-state index contributed by atoms with van der Waals surface area (Å²) in [7, 11) is 0. The number of nitrogens with zero attached hydrogens (tertiary/aromatic N) is 6. The van der Waals surface area contributed by atoms with Gasteiger partial charge in [-0.25, -0.2) is 19.9 Å². The van der Waals surface area contributed by atoms with Gasteiger partial charge in [0, 0.05) is 36.2 Å². The summed E-state index contributed by atoms with van der Waals surface area (Å²) >= 11 is 0. The van der Waals surface area contributed by atoms with Crippen molar-refractivity contribution in [2.24, 2.45) is 0 Å². The fourth-order valence-electron chi connectivity index (χ4n) is 3.51. The molecular weight excluding hydrogens is 276 g/mol. The molecule has 2 unspecified atom stereocenters. The summed E-state index contributed by atoms with van der Waals surface area (Å²) in [4.78, 5) is 22.5. The van der Waals surface area contributed by atoms with Crippen molar-refractivity contribution in [3.05, 3.63) is 35.5 Å². The third-order valence-corrected chi connectivity index (χ3v) is 4.82. The molecule has 3 aliphatic heterocycles. The Labute approximate surface area is 130 Å². The van der Waals surface area contributed by atoms with Gasteiger partial charge in [0.2, 0.25) is 5.95 Å². The SMILES string of the molecule is Cc1ccnc(N2C3CC2CN(c2ncnc(C)c2C)C3)n1. The predicted molar refractivity (Wildman–Crippen MR) is 85.2 cm³/mol. The van der Waals surface area contributed by atoms with E-state index in [0.717, 1.165) is 36.2 Å². The Morgan fingerprint density at radius 3 is 2.55 bits per heavy atom. The molecule has 0 aromatic carbocycles. The van der Waals surface area contributed by atoms with Crippen LogP contribution in [0, 0.1) is 20.8 Å². The third-order valence-electron chi connectivity index (χ3n) is 4.82. The lowest BCUT2D eigenvalue weighted by molar-refractivity contribution is 0.284. The quantitative estimate of drug-likeness (QED) is 0.840. The van der Waals surface area contributed by atoms with E-state index in [9.17, 15) is 0 Å². The van der Waals surface area contributed by atoms with Gasteiger partial charge in [-0.2, -0.15) is 0 Å². The first-order valence-corrected chi connectivity index (χ1v) is 7.74. The van der Waals surface area contributed by atoms with Gasteiger partial charge in [-0.15, -0.1) is 0 Å². The zero-order valence-electron chi connectivity index (χ0n) is 13.2. The second-order valence-corrected chi connectivity index (χ2v) is 6.26. The van der Waals surface area contributed by atoms with Crippen LogP contribution in [0.15, 0.2) is 18.6 Å². The van der Waals surface area contributed by atoms with E-state index in [0.29, 0.717) is 12.1 Å². The van der Waals surface area contributed by atoms with Gasteiger partial charge in [-0.1, -0.05) is 0 Å². The maximum absolute atomic E-state index is 4.58. The van der Waals surface area contributed by atoms with E-state index in [1.165, 1.54) is 12.0 Å². The van der Waals surface area contributed by atoms with Gasteiger partial charge >= 0.3 is 0 Å². The van der Waals surface area contributed by atoms with Gasteiger partial charge in [0.1, 0.15) is 12.1 Å². The zero-order valence-corrected chi connectivity index (χ0v) is 13.2. The van der Waals surface area contributed by atoms with Crippen LogP contribution in [0.4, 0.5) is 11.8 Å². The van der Waals surface area contributed by atoms with Crippen LogP contribution in [0.2, 0.25) is 0 Å². The summed E-state index contributed by atoms with van der Waals surface area (Å²) < 4.78 is 0. The zero-order chi connectivity index (χ0) is 15.3. The minimum Gasteiger partial charge on any atom is -0.352 e. The number of piperazine rings is 1. The number of aromatic nitrogens is 4. The third kappa shape index (κ3) is 2.01. The molecule has 0 amide bonds. The van der Waals surface area contributed by atoms with Crippen molar-refractivity contribution in [1.29, 1.82) is 0 Å². The van der Waals surface area contributed by atoms with Gasteiger partial charge in [-0.3, -0.25) is 0 Å². The van der Waals surface area contributed by atoms with Crippen molar-refractivity contribution in [2.45, 2.75) is 39.3 Å². The van der Waals surface area contributed by atoms with Gasteiger partial charge in [0.05, 0.1) is 12.1 Å². The maximum Gasteiger partial charge on any atom is 0.226 e. The summed E-state index contributed by atoms with van der Waals surface area (Å²) in [6.45, 7) is 8.11. The predicted octanol–water partition coefficient (Wildman–Crippen LogP) is 1.66. The Hall–Kier alpha value is -2.24. The number of anilines is 2. The monoisotopic (exact) mass is 296 g/mol. The van der Waals surface area contributed by atoms with Crippen molar-refractivity contribution >= 4 is 11.8 Å². The average molecular weight is 296 g/mol. The normalized spacial score (nSPS) is 23.4. The van der Waals surface area contributed by atoms with Crippen molar-refractivity contribution in [3.8, 4) is 0 Å². The van der Waals surface area contributed by atoms with Gasteiger partial charge in [0.25, 0.3) is 0 Å². The van der Waals surface area contributed by atoms with Crippen LogP contribution in [0.25, 0.3) is 0 Å². The molecule has 114 valence electrons. The molecule has 0 N–H and O–H groups in total. The molecule has 2 bridgehead atoms. The fraction of sp³-hybridized carbons (Fsp3) is 0.500. The largest absolute Gasteiger partial charge is 0.352 e. The van der Waals surface area contributed by atoms with Crippen molar-refractivity contribution < 1.29 is 0 Å². The molecule has 2 aromatic rings. The molecule has 0 saturated carbocycles. The molecule has 22 heavy (non-hydrogen) atoms. The van der Waals surface area contributed by atoms with Crippen molar-refractivity contribution in [2.75, 3.05) is 22.9 Å². The van der Waals surface area contributed by atoms with Crippen LogP contribution in [-0.4, -0.2) is 45.1 Å². The van der Waals surface area contributed by atoms with E-state index in [2.05, 4.69) is 36.7 Å². The van der Waals surface area contributed by atoms with Crippen LogP contribution < -0.4 is 9.80 Å². The maximum atomic E-state index is 4.58. The Morgan fingerprint density at radius 2 is 1.82 bits per heavy atom. The van der Waals surface area contributed by atoms with Crippen LogP contribution >= 0.6 is 0 Å². The van der Waals surface area contributed by atoms with Gasteiger partial charge in [-0.05, 0) is 33.3 Å². The van der Waals surface area contributed by atoms with Crippen molar-refractivity contribution in [1.82, 2.24) is 19.9 Å². The van der Waals surface area contributed by atoms with E-state index >= 15 is 0 Å². The molecule has 6 heteroatoms. The van der Waals surface area contributed by atoms with E-state index in [-0.39, 0.29) is 0 Å². The second kappa shape index (κ2) is 4.90. The van der Waals surface area contributed by atoms with E-state index in [1.807, 2.05) is 26.1 Å². The smallest absolute Gasteiger partial charge is 0.226 e. The molecule has 6 nitrogen and oxygen atoms in total. The lowest BCUT2D eigenvalue weighted by Gasteiger charge is -2.56. The highest BCUT2D eigenvalue weighted by Gasteiger charge is 2.46. The van der Waals surface area contributed by atoms with Gasteiger partial charge < -0.3 is 9.80 Å². The highest BCUT2D eigenvalue weighted by atomic mass is 15.4. The Morgan fingerprint density at radius 1 is 1.05 bits per heavy atom. The van der Waals surface area contributed by atoms with Crippen LogP contribution in [0.3, 0.4) is 0 Å². The van der Waals surface area contributed by atoms with Crippen LogP contribution in [0.5, 0.6) is 0 Å². The number of fused-ring (bicyclic) bond motifs is 2. The molecule has 5 rings (SSSR count). The minimum atomic E-state index is 0.482. The average Bonchev–Trinajstić information content (AvgIpc) is 2.50. The van der Waals surface area contributed by atoms with Crippen LogP contribution in [-0.2, 0) is 0 Å². The second-order valence-electron chi connectivity index (χ2n) is 6.26. The first kappa shape index (κ1) is 13.4. The number of piperidine rings is 1. The topological polar surface area (TPSA) is 58.0 Å². The van der Waals surface area contributed by atoms with Gasteiger partial charge in [0.15, 0.2) is 0 Å². The molecule has 3 fully saturated rings. The molecule has 0 radical (unpaired) electrons. The number of hydrogen-bond acceptors (Lipinski definition) is 6. The van der Waals surface area contributed by atoms with E-state index in [4.69, 9.17) is 0 Å². The number of rotatable bonds is 2. The molecule has 2 atom stereocenters. The van der Waals surface area contributed by atoms with Crippen LogP contribution in [0.1, 0.15) is 23.4 Å². The lowest BCUT2D eigenvalue weighted by atomic mass is 9.87. The Kier molecular flexibility index (Phi) is 2.99. The highest BCUT2D eigenvalue weighted by molar-refractivity contribution is 5.53. The molecular formula is C16H20N6. The minimum absolute atomic E-state index is 0.482. The first-order chi connectivity index (χ1) is 10.6. The Bertz CT molecular complexity index is 704. The lowest BCUT2D eigenvalue weighted by Crippen LogP contribution is -2.69. The summed E-state index contributed by atoms with van der Waals surface area (Å²) in [5.74, 6) is 1.95. The summed E-state index contributed by atoms with van der Waals surface area (Å²) in [5, 5.41) is 0. The molecule has 2 aromatic heterocycles. The summed E-state index contributed by atoms with van der Waals surface area (Å²) in [5.41, 5.74) is 3.26. The number of hydrogen-bond donors (Lipinski definition) is 0.